The Balaban J connectivity index is 1.42. The molecule has 11 heteroatoms. The van der Waals surface area contributed by atoms with Gasteiger partial charge in [-0.25, -0.2) is 13.8 Å². The highest BCUT2D eigenvalue weighted by Gasteiger charge is 2.43. The number of nitrogen functional groups attached to an aromatic ring is 1. The molecule has 3 atom stereocenters. The van der Waals surface area contributed by atoms with Crippen molar-refractivity contribution >= 4 is 28.1 Å². The Morgan fingerprint density at radius 2 is 2.26 bits per heavy atom. The molecule has 1 aromatic heterocycles. The molecule has 0 spiro atoms. The van der Waals surface area contributed by atoms with Gasteiger partial charge in [-0.05, 0) is 18.9 Å². The standard InChI is InChI=1S/C20H25F2N5O3S/c21-12-2-1-3-13(22)16(12)20-27-17(18(23)31-20)11-6-14(11)26-15-7-24-9-25-19(15)30-5-4-10(29)8-28/h2,7,10-11,14,25-26,28-29H,1,3-6,8-9,23H2. The number of nitrogens with zero attached hydrogens (tertiary/aromatic N) is 2. The molecule has 1 aliphatic heterocycles. The molecular weight excluding hydrogens is 428 g/mol. The predicted octanol–water partition coefficient (Wildman–Crippen LogP) is 2.06. The molecule has 8 nitrogen and oxygen atoms in total. The van der Waals surface area contributed by atoms with Crippen molar-refractivity contribution < 1.29 is 23.7 Å². The monoisotopic (exact) mass is 453 g/mol. The Morgan fingerprint density at radius 3 is 3.03 bits per heavy atom. The number of thiazole rings is 1. The van der Waals surface area contributed by atoms with Crippen molar-refractivity contribution in [2.24, 2.45) is 4.99 Å². The van der Waals surface area contributed by atoms with Gasteiger partial charge in [-0.15, -0.1) is 0 Å². The minimum absolute atomic E-state index is 0.0181. The average molecular weight is 454 g/mol. The first-order valence-corrected chi connectivity index (χ1v) is 11.0. The summed E-state index contributed by atoms with van der Waals surface area (Å²) in [6.45, 7) is 0.294. The fourth-order valence-corrected chi connectivity index (χ4v) is 4.47. The lowest BCUT2D eigenvalue weighted by molar-refractivity contribution is 0.0614. The van der Waals surface area contributed by atoms with Gasteiger partial charge in [-0.1, -0.05) is 11.3 Å². The molecule has 4 rings (SSSR count). The zero-order valence-corrected chi connectivity index (χ0v) is 17.6. The quantitative estimate of drug-likeness (QED) is 0.388. The second-order valence-electron chi connectivity index (χ2n) is 7.60. The van der Waals surface area contributed by atoms with Crippen molar-refractivity contribution in [1.82, 2.24) is 15.6 Å². The SMILES string of the molecule is Nc1sc(C2=C(F)CCC=C2F)nc1C1CC1NC1=C(OCCC(O)CO)NCN=C1. The van der Waals surface area contributed by atoms with Crippen LogP contribution in [0.5, 0.6) is 0 Å². The molecule has 2 heterocycles. The first kappa shape index (κ1) is 21.7. The summed E-state index contributed by atoms with van der Waals surface area (Å²) < 4.78 is 34.0. The van der Waals surface area contributed by atoms with Gasteiger partial charge in [-0.3, -0.25) is 4.99 Å². The third kappa shape index (κ3) is 4.89. The summed E-state index contributed by atoms with van der Waals surface area (Å²) in [7, 11) is 0. The van der Waals surface area contributed by atoms with E-state index >= 15 is 0 Å². The molecule has 1 fully saturated rings. The van der Waals surface area contributed by atoms with Crippen LogP contribution in [-0.4, -0.2) is 53.4 Å². The lowest BCUT2D eigenvalue weighted by Gasteiger charge is -2.19. The Labute approximate surface area is 182 Å². The van der Waals surface area contributed by atoms with Gasteiger partial charge in [-0.2, -0.15) is 0 Å². The number of ether oxygens (including phenoxy) is 1. The highest BCUT2D eigenvalue weighted by atomic mass is 32.1. The summed E-state index contributed by atoms with van der Waals surface area (Å²) >= 11 is 1.10. The molecule has 0 amide bonds. The Hall–Kier alpha value is -2.50. The van der Waals surface area contributed by atoms with Crippen molar-refractivity contribution in [2.45, 2.75) is 43.7 Å². The van der Waals surface area contributed by atoms with Crippen LogP contribution in [0.1, 0.15) is 42.3 Å². The van der Waals surface area contributed by atoms with E-state index in [0.717, 1.165) is 17.8 Å². The number of aliphatic imine (C=N–C) groups is 1. The molecule has 0 saturated heterocycles. The predicted molar refractivity (Wildman–Crippen MR) is 114 cm³/mol. The zero-order chi connectivity index (χ0) is 22.0. The fraction of sp³-hybridized carbons (Fsp3) is 0.500. The second kappa shape index (κ2) is 9.33. The number of aromatic nitrogens is 1. The van der Waals surface area contributed by atoms with E-state index in [1.54, 1.807) is 6.21 Å². The van der Waals surface area contributed by atoms with Gasteiger partial charge in [0.2, 0.25) is 5.88 Å². The maximum absolute atomic E-state index is 14.2. The molecule has 0 radical (unpaired) electrons. The van der Waals surface area contributed by atoms with Crippen LogP contribution in [0.25, 0.3) is 5.57 Å². The van der Waals surface area contributed by atoms with Crippen molar-refractivity contribution in [1.29, 1.82) is 0 Å². The maximum Gasteiger partial charge on any atom is 0.213 e. The number of halogens is 2. The third-order valence-electron chi connectivity index (χ3n) is 5.28. The van der Waals surface area contributed by atoms with E-state index in [2.05, 4.69) is 20.6 Å². The number of nitrogens with two attached hydrogens (primary N) is 1. The molecule has 1 saturated carbocycles. The van der Waals surface area contributed by atoms with Crippen LogP contribution in [0.15, 0.2) is 34.3 Å². The first-order chi connectivity index (χ1) is 15.0. The largest absolute Gasteiger partial charge is 0.478 e. The van der Waals surface area contributed by atoms with Crippen LogP contribution >= 0.6 is 11.3 Å². The lowest BCUT2D eigenvalue weighted by Crippen LogP contribution is -2.31. The molecular formula is C20H25F2N5O3S. The lowest BCUT2D eigenvalue weighted by atomic mass is 10.1. The molecule has 3 aliphatic rings. The molecule has 6 N–H and O–H groups in total. The number of rotatable bonds is 9. The Kier molecular flexibility index (Phi) is 6.54. The topological polar surface area (TPSA) is 125 Å². The van der Waals surface area contributed by atoms with E-state index in [-0.39, 0.29) is 42.2 Å². The molecule has 0 bridgehead atoms. The van der Waals surface area contributed by atoms with E-state index < -0.39 is 17.8 Å². The highest BCUT2D eigenvalue weighted by molar-refractivity contribution is 7.16. The highest BCUT2D eigenvalue weighted by Crippen LogP contribution is 2.47. The smallest absolute Gasteiger partial charge is 0.213 e. The Morgan fingerprint density at radius 1 is 1.42 bits per heavy atom. The molecule has 2 aliphatic carbocycles. The second-order valence-corrected chi connectivity index (χ2v) is 8.63. The normalized spacial score (nSPS) is 24.1. The van der Waals surface area contributed by atoms with E-state index in [9.17, 15) is 13.9 Å². The van der Waals surface area contributed by atoms with Gasteiger partial charge in [0.25, 0.3) is 0 Å². The number of allylic oxidation sites excluding steroid dienone is 5. The van der Waals surface area contributed by atoms with Gasteiger partial charge in [0.05, 0.1) is 36.8 Å². The summed E-state index contributed by atoms with van der Waals surface area (Å²) in [6, 6.07) is 0.0332. The average Bonchev–Trinajstić information content (AvgIpc) is 3.40. The van der Waals surface area contributed by atoms with Gasteiger partial charge < -0.3 is 31.3 Å². The van der Waals surface area contributed by atoms with E-state index in [1.165, 1.54) is 6.08 Å². The third-order valence-corrected chi connectivity index (χ3v) is 6.20. The van der Waals surface area contributed by atoms with E-state index in [1.807, 2.05) is 0 Å². The number of hydrogen-bond donors (Lipinski definition) is 5. The van der Waals surface area contributed by atoms with Gasteiger partial charge in [0.1, 0.15) is 34.0 Å². The van der Waals surface area contributed by atoms with E-state index in [0.29, 0.717) is 41.8 Å². The van der Waals surface area contributed by atoms with Crippen LogP contribution in [0.4, 0.5) is 13.8 Å². The van der Waals surface area contributed by atoms with Crippen LogP contribution in [0.3, 0.4) is 0 Å². The summed E-state index contributed by atoms with van der Waals surface area (Å²) in [5.41, 5.74) is 7.37. The van der Waals surface area contributed by atoms with Crippen molar-refractivity contribution in [3.8, 4) is 0 Å². The number of aliphatic hydroxyl groups excluding tert-OH is 2. The minimum atomic E-state index is -0.826. The Bertz CT molecular complexity index is 959. The summed E-state index contributed by atoms with van der Waals surface area (Å²) in [5.74, 6) is -0.547. The summed E-state index contributed by atoms with van der Waals surface area (Å²) in [5, 5.41) is 25.5. The number of nitrogens with one attached hydrogen (secondary N) is 2. The number of aliphatic hydroxyl groups is 2. The molecule has 168 valence electrons. The zero-order valence-electron chi connectivity index (χ0n) is 16.8. The molecule has 31 heavy (non-hydrogen) atoms. The molecule has 1 aromatic rings. The minimum Gasteiger partial charge on any atom is -0.478 e. The van der Waals surface area contributed by atoms with Gasteiger partial charge in [0.15, 0.2) is 0 Å². The van der Waals surface area contributed by atoms with Crippen LogP contribution in [0.2, 0.25) is 0 Å². The van der Waals surface area contributed by atoms with Crippen LogP contribution < -0.4 is 16.4 Å². The summed E-state index contributed by atoms with van der Waals surface area (Å²) in [4.78, 5) is 8.65. The van der Waals surface area contributed by atoms with E-state index in [4.69, 9.17) is 15.6 Å². The summed E-state index contributed by atoms with van der Waals surface area (Å²) in [6.07, 6.45) is 3.80. The van der Waals surface area contributed by atoms with Crippen molar-refractivity contribution in [3.05, 3.63) is 40.0 Å². The fourth-order valence-electron chi connectivity index (χ4n) is 3.50. The molecule has 3 unspecified atom stereocenters. The maximum atomic E-state index is 14.2. The first-order valence-electron chi connectivity index (χ1n) is 10.2. The van der Waals surface area contributed by atoms with Gasteiger partial charge in [0, 0.05) is 24.8 Å². The van der Waals surface area contributed by atoms with Crippen molar-refractivity contribution in [2.75, 3.05) is 25.6 Å². The van der Waals surface area contributed by atoms with Crippen LogP contribution in [-0.2, 0) is 4.74 Å². The van der Waals surface area contributed by atoms with Crippen LogP contribution in [0, 0.1) is 0 Å². The van der Waals surface area contributed by atoms with Gasteiger partial charge >= 0.3 is 0 Å². The number of hydrogen-bond acceptors (Lipinski definition) is 9. The number of anilines is 1. The molecule has 0 aromatic carbocycles. The van der Waals surface area contributed by atoms with Crippen molar-refractivity contribution in [3.63, 3.8) is 0 Å².